The second-order valence-corrected chi connectivity index (χ2v) is 7.51. The van der Waals surface area contributed by atoms with Crippen LogP contribution in [0.3, 0.4) is 0 Å². The lowest BCUT2D eigenvalue weighted by atomic mass is 9.95. The summed E-state index contributed by atoms with van der Waals surface area (Å²) in [6, 6.07) is 9.49. The van der Waals surface area contributed by atoms with Crippen LogP contribution in [0.25, 0.3) is 5.76 Å². The fourth-order valence-corrected chi connectivity index (χ4v) is 3.59. The van der Waals surface area contributed by atoms with E-state index in [-0.39, 0.29) is 23.4 Å². The lowest BCUT2D eigenvalue weighted by Gasteiger charge is -2.25. The second kappa shape index (κ2) is 9.05. The summed E-state index contributed by atoms with van der Waals surface area (Å²) < 4.78 is 13.3. The number of Topliss-reactive ketones (excluding diaryl/α,β-unsaturated/α-hetero) is 1. The Bertz CT molecular complexity index is 1050. The third kappa shape index (κ3) is 4.61. The molecular formula is C22H22FN3O5. The van der Waals surface area contributed by atoms with E-state index in [1.807, 2.05) is 19.0 Å². The average Bonchev–Trinajstić information content (AvgIpc) is 2.98. The summed E-state index contributed by atoms with van der Waals surface area (Å²) in [6.45, 7) is 0.874. The third-order valence-electron chi connectivity index (χ3n) is 5.06. The summed E-state index contributed by atoms with van der Waals surface area (Å²) in [6.07, 6.45) is 0.558. The predicted molar refractivity (Wildman–Crippen MR) is 112 cm³/mol. The molecule has 9 heteroatoms. The third-order valence-corrected chi connectivity index (χ3v) is 5.06. The molecule has 1 fully saturated rings. The molecule has 1 atom stereocenters. The van der Waals surface area contributed by atoms with Crippen molar-refractivity contribution < 1.29 is 24.0 Å². The number of amides is 1. The Kier molecular flexibility index (Phi) is 6.45. The van der Waals surface area contributed by atoms with Crippen LogP contribution in [0.1, 0.15) is 23.6 Å². The molecule has 0 bridgehead atoms. The van der Waals surface area contributed by atoms with Gasteiger partial charge in [0, 0.05) is 24.2 Å². The number of hydrogen-bond donors (Lipinski definition) is 1. The molecule has 1 aliphatic rings. The molecule has 0 radical (unpaired) electrons. The quantitative estimate of drug-likeness (QED) is 0.239. The Morgan fingerprint density at radius 2 is 1.87 bits per heavy atom. The van der Waals surface area contributed by atoms with Gasteiger partial charge >= 0.3 is 0 Å². The molecule has 2 aromatic rings. The van der Waals surface area contributed by atoms with E-state index >= 15 is 0 Å². The molecule has 162 valence electrons. The first kappa shape index (κ1) is 22.1. The maximum absolute atomic E-state index is 13.3. The van der Waals surface area contributed by atoms with E-state index in [0.717, 1.165) is 12.1 Å². The van der Waals surface area contributed by atoms with Crippen molar-refractivity contribution in [1.29, 1.82) is 0 Å². The van der Waals surface area contributed by atoms with Crippen LogP contribution in [0.5, 0.6) is 0 Å². The van der Waals surface area contributed by atoms with Crippen LogP contribution in [-0.2, 0) is 9.59 Å². The number of nitrogens with zero attached hydrogens (tertiary/aromatic N) is 3. The molecule has 3 rings (SSSR count). The molecule has 0 aliphatic carbocycles. The van der Waals surface area contributed by atoms with Gasteiger partial charge in [0.25, 0.3) is 17.4 Å². The average molecular weight is 427 g/mol. The van der Waals surface area contributed by atoms with Gasteiger partial charge in [0.2, 0.25) is 0 Å². The van der Waals surface area contributed by atoms with Gasteiger partial charge < -0.3 is 14.9 Å². The normalized spacial score (nSPS) is 18.1. The molecule has 31 heavy (non-hydrogen) atoms. The van der Waals surface area contributed by atoms with Crippen molar-refractivity contribution in [2.24, 2.45) is 0 Å². The van der Waals surface area contributed by atoms with Gasteiger partial charge in [-0.3, -0.25) is 19.7 Å². The summed E-state index contributed by atoms with van der Waals surface area (Å²) in [4.78, 5) is 39.6. The molecule has 0 spiro atoms. The number of ketones is 1. The van der Waals surface area contributed by atoms with E-state index in [4.69, 9.17) is 0 Å². The number of carbonyl (C=O) groups is 2. The van der Waals surface area contributed by atoms with E-state index in [0.29, 0.717) is 18.5 Å². The topological polar surface area (TPSA) is 104 Å². The molecule has 1 heterocycles. The number of nitro groups is 1. The van der Waals surface area contributed by atoms with Crippen LogP contribution >= 0.6 is 0 Å². The molecule has 0 unspecified atom stereocenters. The summed E-state index contributed by atoms with van der Waals surface area (Å²) in [5, 5.41) is 22.1. The zero-order valence-electron chi connectivity index (χ0n) is 17.1. The Balaban J connectivity index is 2.13. The van der Waals surface area contributed by atoms with Gasteiger partial charge in [-0.1, -0.05) is 12.1 Å². The number of aliphatic hydroxyl groups is 1. The Morgan fingerprint density at radius 1 is 1.19 bits per heavy atom. The van der Waals surface area contributed by atoms with Crippen molar-refractivity contribution in [3.8, 4) is 0 Å². The number of rotatable bonds is 7. The molecular weight excluding hydrogens is 405 g/mol. The highest BCUT2D eigenvalue weighted by Crippen LogP contribution is 2.40. The molecule has 1 aliphatic heterocycles. The monoisotopic (exact) mass is 427 g/mol. The van der Waals surface area contributed by atoms with Crippen LogP contribution in [0.15, 0.2) is 54.1 Å². The van der Waals surface area contributed by atoms with Crippen LogP contribution in [0.2, 0.25) is 0 Å². The summed E-state index contributed by atoms with van der Waals surface area (Å²) in [5.41, 5.74) is 0.130. The van der Waals surface area contributed by atoms with Crippen molar-refractivity contribution in [2.75, 3.05) is 27.2 Å². The lowest BCUT2D eigenvalue weighted by molar-refractivity contribution is -0.384. The molecule has 1 amide bonds. The minimum atomic E-state index is -0.993. The van der Waals surface area contributed by atoms with Crippen molar-refractivity contribution in [2.45, 2.75) is 12.5 Å². The second-order valence-electron chi connectivity index (χ2n) is 7.51. The summed E-state index contributed by atoms with van der Waals surface area (Å²) >= 11 is 0. The highest BCUT2D eigenvalue weighted by Gasteiger charge is 2.46. The smallest absolute Gasteiger partial charge is 0.295 e. The number of hydrogen-bond acceptors (Lipinski definition) is 6. The fraction of sp³-hybridized carbons (Fsp3) is 0.273. The minimum absolute atomic E-state index is 0.170. The Labute approximate surface area is 178 Å². The number of carbonyl (C=O) groups excluding carboxylic acids is 2. The van der Waals surface area contributed by atoms with Gasteiger partial charge in [-0.15, -0.1) is 0 Å². The Morgan fingerprint density at radius 3 is 2.48 bits per heavy atom. The predicted octanol–water partition coefficient (Wildman–Crippen LogP) is 3.11. The van der Waals surface area contributed by atoms with E-state index in [9.17, 15) is 29.2 Å². The van der Waals surface area contributed by atoms with Gasteiger partial charge in [-0.25, -0.2) is 4.39 Å². The van der Waals surface area contributed by atoms with Crippen LogP contribution < -0.4 is 0 Å². The number of benzene rings is 2. The largest absolute Gasteiger partial charge is 0.507 e. The van der Waals surface area contributed by atoms with Crippen molar-refractivity contribution >= 4 is 23.1 Å². The Hall–Kier alpha value is -3.59. The van der Waals surface area contributed by atoms with E-state index in [1.165, 1.54) is 35.2 Å². The highest BCUT2D eigenvalue weighted by atomic mass is 19.1. The number of likely N-dealkylation sites (tertiary alicyclic amines) is 1. The van der Waals surface area contributed by atoms with Gasteiger partial charge in [-0.2, -0.15) is 0 Å². The maximum Gasteiger partial charge on any atom is 0.295 e. The minimum Gasteiger partial charge on any atom is -0.507 e. The molecule has 1 saturated heterocycles. The van der Waals surface area contributed by atoms with Gasteiger partial charge in [0.15, 0.2) is 0 Å². The first-order chi connectivity index (χ1) is 14.7. The number of nitro benzene ring substituents is 1. The van der Waals surface area contributed by atoms with Crippen LogP contribution in [0, 0.1) is 15.9 Å². The number of aliphatic hydroxyl groups excluding tert-OH is 1. The number of halogens is 1. The molecule has 0 saturated carbocycles. The van der Waals surface area contributed by atoms with E-state index in [1.54, 1.807) is 6.07 Å². The van der Waals surface area contributed by atoms with Gasteiger partial charge in [0.05, 0.1) is 16.5 Å². The maximum atomic E-state index is 13.3. The molecule has 0 aromatic heterocycles. The molecule has 1 N–H and O–H groups in total. The van der Waals surface area contributed by atoms with Crippen molar-refractivity contribution in [3.05, 3.63) is 81.2 Å². The standard InChI is InChI=1S/C22H22FN3O5/c1-24(2)11-4-12-25-19(15-5-3-6-17(13-15)26(30)31)18(21(28)22(25)29)20(27)14-7-9-16(23)10-8-14/h3,5-10,13,19,27H,4,11-12H2,1-2H3/t19-/m1/s1. The zero-order valence-corrected chi connectivity index (χ0v) is 17.1. The molecule has 2 aromatic carbocycles. The fourth-order valence-electron chi connectivity index (χ4n) is 3.59. The van der Waals surface area contributed by atoms with Crippen LogP contribution in [-0.4, -0.2) is 58.7 Å². The zero-order chi connectivity index (χ0) is 22.7. The first-order valence-electron chi connectivity index (χ1n) is 9.64. The van der Waals surface area contributed by atoms with Gasteiger partial charge in [-0.05, 0) is 56.9 Å². The van der Waals surface area contributed by atoms with E-state index in [2.05, 4.69) is 0 Å². The first-order valence-corrected chi connectivity index (χ1v) is 9.64. The summed E-state index contributed by atoms with van der Waals surface area (Å²) in [7, 11) is 3.75. The SMILES string of the molecule is CN(C)CCCN1C(=O)C(=O)C(=C(O)c2ccc(F)cc2)[C@H]1c1cccc([N+](=O)[O-])c1. The number of non-ortho nitro benzene ring substituents is 1. The summed E-state index contributed by atoms with van der Waals surface area (Å²) in [5.74, 6) is -2.65. The van der Waals surface area contributed by atoms with Gasteiger partial charge in [0.1, 0.15) is 11.6 Å². The van der Waals surface area contributed by atoms with E-state index < -0.39 is 34.2 Å². The lowest BCUT2D eigenvalue weighted by Crippen LogP contribution is -2.32. The highest BCUT2D eigenvalue weighted by molar-refractivity contribution is 6.46. The van der Waals surface area contributed by atoms with Crippen molar-refractivity contribution in [3.63, 3.8) is 0 Å². The van der Waals surface area contributed by atoms with Crippen LogP contribution in [0.4, 0.5) is 10.1 Å². The molecule has 8 nitrogen and oxygen atoms in total. The van der Waals surface area contributed by atoms with Crippen molar-refractivity contribution in [1.82, 2.24) is 9.80 Å².